The van der Waals surface area contributed by atoms with E-state index >= 15 is 0 Å². The van der Waals surface area contributed by atoms with Crippen molar-refractivity contribution in [2.45, 2.75) is 13.3 Å². The maximum atomic E-state index is 5.52. The number of hydrogen-bond donors (Lipinski definition) is 0. The third kappa shape index (κ3) is 5.02. The highest BCUT2D eigenvalue weighted by Crippen LogP contribution is 2.45. The van der Waals surface area contributed by atoms with Crippen LogP contribution in [-0.4, -0.2) is 16.2 Å². The predicted octanol–water partition coefficient (Wildman–Crippen LogP) is 13.7. The summed E-state index contributed by atoms with van der Waals surface area (Å²) < 4.78 is 4.90. The fourth-order valence-corrected chi connectivity index (χ4v) is 9.95. The van der Waals surface area contributed by atoms with Crippen molar-refractivity contribution in [2.24, 2.45) is 15.4 Å². The molecule has 7 aromatic carbocycles. The van der Waals surface area contributed by atoms with E-state index in [1.54, 1.807) is 0 Å². The highest BCUT2D eigenvalue weighted by molar-refractivity contribution is 7.26. The smallest absolute Gasteiger partial charge is 0.235 e. The summed E-state index contributed by atoms with van der Waals surface area (Å²) in [7, 11) is 0. The van der Waals surface area contributed by atoms with Crippen LogP contribution in [0.4, 0.5) is 0 Å². The molecule has 2 aromatic heterocycles. The number of aliphatic imine (C=N–C) groups is 2. The molecule has 4 heteroatoms. The van der Waals surface area contributed by atoms with E-state index in [9.17, 15) is 0 Å². The minimum Gasteiger partial charge on any atom is -0.278 e. The average molecular weight is 722 g/mol. The molecule has 0 fully saturated rings. The van der Waals surface area contributed by atoms with E-state index in [1.807, 2.05) is 11.3 Å². The summed E-state index contributed by atoms with van der Waals surface area (Å²) >= 11 is 1.87. The highest BCUT2D eigenvalue weighted by atomic mass is 32.1. The molecule has 3 heterocycles. The van der Waals surface area contributed by atoms with Crippen LogP contribution >= 0.6 is 11.3 Å². The summed E-state index contributed by atoms with van der Waals surface area (Å²) in [5, 5.41) is 5.01. The fourth-order valence-electron chi connectivity index (χ4n) is 8.71. The van der Waals surface area contributed by atoms with E-state index in [2.05, 4.69) is 194 Å². The molecular weight excluding hydrogens is 687 g/mol. The van der Waals surface area contributed by atoms with E-state index in [1.165, 1.54) is 64.3 Å². The standard InChI is InChI=1S/C51H35N3S/c1-51-31-12-11-24-47(51)52-50(53-49(51)35-27-25-34(26-28-35)38-17-6-5-16-37(38)33-14-3-2-4-15-33)54-44-22-9-7-18-40(44)43-32-36(29-30-45(43)54)39-20-13-21-42-41-19-8-10-23-46(41)55-48(39)42/h2-30,32H,31H2,1H3. The van der Waals surface area contributed by atoms with E-state index in [0.717, 1.165) is 34.4 Å². The Morgan fingerprint density at radius 1 is 0.527 bits per heavy atom. The van der Waals surface area contributed by atoms with Gasteiger partial charge in [-0.2, -0.15) is 0 Å². The molecule has 9 aromatic rings. The third-order valence-electron chi connectivity index (χ3n) is 11.5. The lowest BCUT2D eigenvalue weighted by molar-refractivity contribution is 0.548. The van der Waals surface area contributed by atoms with Crippen LogP contribution in [0.25, 0.3) is 75.4 Å². The molecule has 0 spiro atoms. The van der Waals surface area contributed by atoms with Crippen molar-refractivity contribution in [1.82, 2.24) is 4.57 Å². The number of para-hydroxylation sites is 1. The first kappa shape index (κ1) is 31.9. The van der Waals surface area contributed by atoms with Gasteiger partial charge in [-0.25, -0.2) is 9.98 Å². The highest BCUT2D eigenvalue weighted by Gasteiger charge is 2.39. The Hall–Kier alpha value is -6.62. The van der Waals surface area contributed by atoms with Gasteiger partial charge in [-0.1, -0.05) is 152 Å². The van der Waals surface area contributed by atoms with Gasteiger partial charge in [-0.3, -0.25) is 4.57 Å². The maximum Gasteiger partial charge on any atom is 0.235 e. The molecule has 1 aliphatic carbocycles. The Labute approximate surface area is 323 Å². The summed E-state index contributed by atoms with van der Waals surface area (Å²) in [6.45, 7) is 2.28. The van der Waals surface area contributed by atoms with Crippen molar-refractivity contribution in [2.75, 3.05) is 0 Å². The Morgan fingerprint density at radius 3 is 2.00 bits per heavy atom. The lowest BCUT2D eigenvalue weighted by Crippen LogP contribution is -2.36. The van der Waals surface area contributed by atoms with E-state index in [4.69, 9.17) is 9.98 Å². The summed E-state index contributed by atoms with van der Waals surface area (Å²) in [6, 6.07) is 59.2. The van der Waals surface area contributed by atoms with Crippen LogP contribution in [0.3, 0.4) is 0 Å². The number of thiophene rings is 1. The zero-order valence-corrected chi connectivity index (χ0v) is 31.1. The summed E-state index contributed by atoms with van der Waals surface area (Å²) in [4.78, 5) is 10.9. The summed E-state index contributed by atoms with van der Waals surface area (Å²) in [6.07, 6.45) is 7.38. The van der Waals surface area contributed by atoms with Crippen LogP contribution in [0.2, 0.25) is 0 Å². The van der Waals surface area contributed by atoms with Gasteiger partial charge in [0, 0.05) is 30.9 Å². The molecule has 1 unspecified atom stereocenters. The van der Waals surface area contributed by atoms with Crippen molar-refractivity contribution < 1.29 is 0 Å². The van der Waals surface area contributed by atoms with Gasteiger partial charge in [-0.15, -0.1) is 11.3 Å². The van der Waals surface area contributed by atoms with Crippen LogP contribution < -0.4 is 0 Å². The Balaban J connectivity index is 1.05. The fraction of sp³-hybridized carbons (Fsp3) is 0.0588. The third-order valence-corrected chi connectivity index (χ3v) is 12.7. The number of aromatic nitrogens is 1. The van der Waals surface area contributed by atoms with Gasteiger partial charge < -0.3 is 0 Å². The molecule has 0 radical (unpaired) electrons. The number of rotatable bonds is 4. The van der Waals surface area contributed by atoms with Gasteiger partial charge >= 0.3 is 0 Å². The lowest BCUT2D eigenvalue weighted by Gasteiger charge is -2.36. The van der Waals surface area contributed by atoms with Crippen LogP contribution in [0.15, 0.2) is 198 Å². The van der Waals surface area contributed by atoms with E-state index < -0.39 is 0 Å². The Kier molecular flexibility index (Phi) is 7.23. The topological polar surface area (TPSA) is 29.6 Å². The first-order valence-electron chi connectivity index (χ1n) is 18.9. The summed E-state index contributed by atoms with van der Waals surface area (Å²) in [5.41, 5.74) is 12.3. The quantitative estimate of drug-likeness (QED) is 0.173. The van der Waals surface area contributed by atoms with Crippen molar-refractivity contribution in [1.29, 1.82) is 0 Å². The number of hydrogen-bond acceptors (Lipinski definition) is 3. The molecule has 260 valence electrons. The molecule has 2 aliphatic rings. The normalized spacial score (nSPS) is 16.7. The molecule has 0 bridgehead atoms. The second-order valence-electron chi connectivity index (χ2n) is 14.7. The average Bonchev–Trinajstić information content (AvgIpc) is 3.79. The molecule has 0 saturated heterocycles. The molecular formula is C51H35N3S. The van der Waals surface area contributed by atoms with Crippen molar-refractivity contribution >= 4 is 65.0 Å². The lowest BCUT2D eigenvalue weighted by atomic mass is 9.73. The SMILES string of the molecule is CC12CC=CC=C1N=C(n1c3ccccc3c3cc(-c4cccc5c4sc4ccccc45)ccc31)N=C2c1ccc(-c2ccccc2-c2ccccc2)cc1. The molecule has 3 nitrogen and oxygen atoms in total. The van der Waals surface area contributed by atoms with Crippen LogP contribution in [0, 0.1) is 5.41 Å². The molecule has 11 rings (SSSR count). The van der Waals surface area contributed by atoms with Crippen LogP contribution in [0.5, 0.6) is 0 Å². The Morgan fingerprint density at radius 2 is 1.16 bits per heavy atom. The zero-order valence-electron chi connectivity index (χ0n) is 30.3. The first-order chi connectivity index (χ1) is 27.1. The largest absolute Gasteiger partial charge is 0.278 e. The van der Waals surface area contributed by atoms with E-state index in [-0.39, 0.29) is 5.41 Å². The van der Waals surface area contributed by atoms with Gasteiger partial charge in [0.1, 0.15) is 0 Å². The van der Waals surface area contributed by atoms with Gasteiger partial charge in [0.05, 0.1) is 27.9 Å². The van der Waals surface area contributed by atoms with Crippen LogP contribution in [0.1, 0.15) is 18.9 Å². The van der Waals surface area contributed by atoms with Crippen LogP contribution in [-0.2, 0) is 0 Å². The Bertz CT molecular complexity index is 3120. The molecule has 0 saturated carbocycles. The monoisotopic (exact) mass is 721 g/mol. The predicted molar refractivity (Wildman–Crippen MR) is 234 cm³/mol. The molecule has 0 N–H and O–H groups in total. The van der Waals surface area contributed by atoms with Crippen molar-refractivity contribution in [3.8, 4) is 33.4 Å². The minimum absolute atomic E-state index is 0.351. The van der Waals surface area contributed by atoms with Gasteiger partial charge in [0.2, 0.25) is 5.96 Å². The number of fused-ring (bicyclic) bond motifs is 7. The molecule has 1 atom stereocenters. The van der Waals surface area contributed by atoms with Crippen molar-refractivity contribution in [3.05, 3.63) is 193 Å². The summed E-state index contributed by atoms with van der Waals surface area (Å²) in [5.74, 6) is 0.693. The maximum absolute atomic E-state index is 5.52. The van der Waals surface area contributed by atoms with Gasteiger partial charge in [0.15, 0.2) is 0 Å². The second-order valence-corrected chi connectivity index (χ2v) is 15.8. The van der Waals surface area contributed by atoms with E-state index in [0.29, 0.717) is 5.96 Å². The number of allylic oxidation sites excluding steroid dienone is 4. The molecule has 55 heavy (non-hydrogen) atoms. The van der Waals surface area contributed by atoms with Crippen molar-refractivity contribution in [3.63, 3.8) is 0 Å². The first-order valence-corrected chi connectivity index (χ1v) is 19.7. The zero-order chi connectivity index (χ0) is 36.5. The van der Waals surface area contributed by atoms with Gasteiger partial charge in [0.25, 0.3) is 0 Å². The molecule has 1 aliphatic heterocycles. The second kappa shape index (κ2) is 12.5. The minimum atomic E-state index is -0.351. The number of benzene rings is 7. The van der Waals surface area contributed by atoms with Gasteiger partial charge in [-0.05, 0) is 82.6 Å². The number of nitrogens with zero attached hydrogens (tertiary/aromatic N) is 3. The molecule has 0 amide bonds.